The number of esters is 1. The summed E-state index contributed by atoms with van der Waals surface area (Å²) in [6.45, 7) is 0.942. The van der Waals surface area contributed by atoms with E-state index in [9.17, 15) is 22.8 Å². The van der Waals surface area contributed by atoms with Gasteiger partial charge in [0.2, 0.25) is 0 Å². The molecule has 1 aromatic rings. The smallest absolute Gasteiger partial charge is 0.417 e. The van der Waals surface area contributed by atoms with Crippen molar-refractivity contribution in [3.63, 3.8) is 0 Å². The van der Waals surface area contributed by atoms with Gasteiger partial charge in [0.05, 0.1) is 18.2 Å². The van der Waals surface area contributed by atoms with Crippen molar-refractivity contribution >= 4 is 12.4 Å². The minimum Gasteiger partial charge on any atom is -0.490 e. The van der Waals surface area contributed by atoms with E-state index < -0.39 is 23.3 Å². The molecule has 23 heavy (non-hydrogen) atoms. The third-order valence-electron chi connectivity index (χ3n) is 3.58. The van der Waals surface area contributed by atoms with Crippen molar-refractivity contribution in [3.8, 4) is 5.75 Å². The van der Waals surface area contributed by atoms with Gasteiger partial charge in [-0.3, -0.25) is 4.79 Å². The number of amides is 1. The summed E-state index contributed by atoms with van der Waals surface area (Å²) in [5.41, 5.74) is -1.65. The zero-order valence-corrected chi connectivity index (χ0v) is 12.4. The third kappa shape index (κ3) is 4.14. The summed E-state index contributed by atoms with van der Waals surface area (Å²) >= 11 is 0. The Balaban J connectivity index is 2.17. The number of halogens is 3. The third-order valence-corrected chi connectivity index (χ3v) is 3.58. The number of benzene rings is 1. The number of alkyl halides is 3. The second kappa shape index (κ2) is 6.89. The van der Waals surface area contributed by atoms with Gasteiger partial charge in [-0.25, -0.2) is 4.79 Å². The fourth-order valence-corrected chi connectivity index (χ4v) is 2.38. The van der Waals surface area contributed by atoms with Crippen LogP contribution in [0, 0.1) is 0 Å². The molecule has 0 saturated carbocycles. The highest BCUT2D eigenvalue weighted by Gasteiger charge is 2.36. The van der Waals surface area contributed by atoms with Crippen LogP contribution in [-0.4, -0.2) is 43.6 Å². The number of hydrogen-bond donors (Lipinski definition) is 0. The molecular weight excluding hydrogens is 315 g/mol. The number of ether oxygens (including phenoxy) is 2. The first-order chi connectivity index (χ1) is 10.8. The van der Waals surface area contributed by atoms with Gasteiger partial charge in [0, 0.05) is 25.9 Å². The first-order valence-electron chi connectivity index (χ1n) is 6.94. The molecule has 1 radical (unpaired) electrons. The van der Waals surface area contributed by atoms with Crippen LogP contribution in [0.15, 0.2) is 18.2 Å². The van der Waals surface area contributed by atoms with Gasteiger partial charge in [0.25, 0.3) is 0 Å². The summed E-state index contributed by atoms with van der Waals surface area (Å²) in [6, 6.07) is 3.01. The predicted molar refractivity (Wildman–Crippen MR) is 73.7 cm³/mol. The monoisotopic (exact) mass is 330 g/mol. The van der Waals surface area contributed by atoms with E-state index in [-0.39, 0.29) is 11.9 Å². The van der Waals surface area contributed by atoms with Crippen LogP contribution in [0.1, 0.15) is 28.8 Å². The molecule has 1 amide bonds. The fourth-order valence-electron chi connectivity index (χ4n) is 2.38. The van der Waals surface area contributed by atoms with E-state index >= 15 is 0 Å². The molecule has 0 atom stereocenters. The lowest BCUT2D eigenvalue weighted by atomic mass is 10.1. The molecule has 1 aliphatic heterocycles. The van der Waals surface area contributed by atoms with Gasteiger partial charge < -0.3 is 14.4 Å². The molecule has 8 heteroatoms. The van der Waals surface area contributed by atoms with Gasteiger partial charge in [0.15, 0.2) is 0 Å². The number of rotatable bonds is 4. The Morgan fingerprint density at radius 2 is 1.96 bits per heavy atom. The van der Waals surface area contributed by atoms with E-state index in [1.807, 2.05) is 0 Å². The van der Waals surface area contributed by atoms with E-state index in [0.717, 1.165) is 19.2 Å². The SMILES string of the molecule is COC(=O)c1cc(OC2CCN([C]=O)CC2)ccc1C(F)(F)F. The molecule has 0 unspecified atom stereocenters. The van der Waals surface area contributed by atoms with Gasteiger partial charge in [0.1, 0.15) is 11.9 Å². The van der Waals surface area contributed by atoms with Crippen LogP contribution < -0.4 is 4.74 Å². The van der Waals surface area contributed by atoms with Crippen LogP contribution >= 0.6 is 0 Å². The molecule has 0 aromatic heterocycles. The number of nitrogens with zero attached hydrogens (tertiary/aromatic N) is 1. The van der Waals surface area contributed by atoms with Crippen molar-refractivity contribution in [2.45, 2.75) is 25.1 Å². The van der Waals surface area contributed by atoms with Crippen LogP contribution in [0.2, 0.25) is 0 Å². The largest absolute Gasteiger partial charge is 0.490 e. The van der Waals surface area contributed by atoms with E-state index in [1.165, 1.54) is 11.0 Å². The first-order valence-corrected chi connectivity index (χ1v) is 6.94. The molecule has 125 valence electrons. The predicted octanol–water partition coefficient (Wildman–Crippen LogP) is 2.40. The van der Waals surface area contributed by atoms with Crippen molar-refractivity contribution in [1.29, 1.82) is 0 Å². The van der Waals surface area contributed by atoms with Crippen LogP contribution in [0.25, 0.3) is 0 Å². The molecule has 1 fully saturated rings. The van der Waals surface area contributed by atoms with Gasteiger partial charge in [-0.1, -0.05) is 0 Å². The zero-order chi connectivity index (χ0) is 17.0. The zero-order valence-electron chi connectivity index (χ0n) is 12.4. The molecule has 5 nitrogen and oxygen atoms in total. The summed E-state index contributed by atoms with van der Waals surface area (Å²) in [7, 11) is 1.02. The standard InChI is InChI=1S/C15H15F3NO4/c1-22-14(21)12-8-11(2-3-13(12)15(16,17)18)23-10-4-6-19(9-20)7-5-10/h2-3,8,10H,4-7H2,1H3. The lowest BCUT2D eigenvalue weighted by Gasteiger charge is -2.29. The van der Waals surface area contributed by atoms with Crippen molar-refractivity contribution in [3.05, 3.63) is 29.3 Å². The molecule has 0 spiro atoms. The summed E-state index contributed by atoms with van der Waals surface area (Å²) < 4.78 is 48.8. The maximum Gasteiger partial charge on any atom is 0.417 e. The van der Waals surface area contributed by atoms with Gasteiger partial charge in [-0.15, -0.1) is 0 Å². The minimum atomic E-state index is -4.66. The Hall–Kier alpha value is -2.25. The Bertz CT molecular complexity index is 581. The molecule has 1 saturated heterocycles. The lowest BCUT2D eigenvalue weighted by molar-refractivity contribution is -0.138. The molecule has 1 aliphatic rings. The van der Waals surface area contributed by atoms with E-state index in [2.05, 4.69) is 4.74 Å². The van der Waals surface area contributed by atoms with Crippen molar-refractivity contribution in [1.82, 2.24) is 4.90 Å². The van der Waals surface area contributed by atoms with Crippen LogP contribution in [0.3, 0.4) is 0 Å². The molecular formula is C15H15F3NO4. The molecule has 0 N–H and O–H groups in total. The number of methoxy groups -OCH3 is 1. The van der Waals surface area contributed by atoms with Crippen molar-refractivity contribution in [2.75, 3.05) is 20.2 Å². The quantitative estimate of drug-likeness (QED) is 0.796. The molecule has 0 bridgehead atoms. The molecule has 1 heterocycles. The number of likely N-dealkylation sites (tertiary alicyclic amines) is 1. The van der Waals surface area contributed by atoms with Crippen LogP contribution in [0.4, 0.5) is 13.2 Å². The Morgan fingerprint density at radius 3 is 2.48 bits per heavy atom. The van der Waals surface area contributed by atoms with E-state index in [4.69, 9.17) is 4.74 Å². The highest BCUT2D eigenvalue weighted by Crippen LogP contribution is 2.34. The van der Waals surface area contributed by atoms with E-state index in [0.29, 0.717) is 25.9 Å². The average Bonchev–Trinajstić information content (AvgIpc) is 2.53. The second-order valence-corrected chi connectivity index (χ2v) is 5.09. The maximum atomic E-state index is 12.9. The topological polar surface area (TPSA) is 55.8 Å². The van der Waals surface area contributed by atoms with Gasteiger partial charge in [-0.2, -0.15) is 13.2 Å². The molecule has 1 aromatic carbocycles. The molecule has 0 aliphatic carbocycles. The lowest BCUT2D eigenvalue weighted by Crippen LogP contribution is -2.37. The van der Waals surface area contributed by atoms with Crippen molar-refractivity contribution in [2.24, 2.45) is 0 Å². The van der Waals surface area contributed by atoms with Crippen LogP contribution in [-0.2, 0) is 15.7 Å². The summed E-state index contributed by atoms with van der Waals surface area (Å²) in [4.78, 5) is 23.6. The fraction of sp³-hybridized carbons (Fsp3) is 0.467. The normalized spacial score (nSPS) is 16.1. The number of hydrogen-bond acceptors (Lipinski definition) is 4. The minimum absolute atomic E-state index is 0.159. The highest BCUT2D eigenvalue weighted by molar-refractivity contribution is 5.91. The second-order valence-electron chi connectivity index (χ2n) is 5.09. The maximum absolute atomic E-state index is 12.9. The number of carbonyl (C=O) groups excluding carboxylic acids is 2. The average molecular weight is 330 g/mol. The summed E-state index contributed by atoms with van der Waals surface area (Å²) in [6.07, 6.45) is -2.02. The Morgan fingerprint density at radius 1 is 1.30 bits per heavy atom. The van der Waals surface area contributed by atoms with Crippen LogP contribution in [0.5, 0.6) is 5.75 Å². The number of carbonyl (C=O) groups is 1. The Kier molecular flexibility index (Phi) is 5.12. The number of piperidine rings is 1. The summed E-state index contributed by atoms with van der Waals surface area (Å²) in [5, 5.41) is 0. The van der Waals surface area contributed by atoms with E-state index in [1.54, 1.807) is 6.41 Å². The molecule has 2 rings (SSSR count). The Labute approximate surface area is 131 Å². The van der Waals surface area contributed by atoms with Gasteiger partial charge >= 0.3 is 18.6 Å². The van der Waals surface area contributed by atoms with Gasteiger partial charge in [-0.05, 0) is 18.2 Å². The summed E-state index contributed by atoms with van der Waals surface area (Å²) in [5.74, 6) is -0.917. The first kappa shape index (κ1) is 17.1. The van der Waals surface area contributed by atoms with Crippen molar-refractivity contribution < 1.29 is 32.2 Å². The highest BCUT2D eigenvalue weighted by atomic mass is 19.4.